The van der Waals surface area contributed by atoms with Crippen molar-refractivity contribution >= 4 is 17.8 Å². The molecule has 1 aromatic rings. The van der Waals surface area contributed by atoms with Gasteiger partial charge in [0.2, 0.25) is 5.91 Å². The average molecular weight is 489 g/mol. The number of hydrogen-bond donors (Lipinski definition) is 1. The molecule has 3 heterocycles. The first-order valence-corrected chi connectivity index (χ1v) is 11.1. The van der Waals surface area contributed by atoms with Gasteiger partial charge in [0.25, 0.3) is 0 Å². The molecule has 0 aliphatic carbocycles. The molecule has 190 valence electrons. The zero-order chi connectivity index (χ0) is 25.1. The van der Waals surface area contributed by atoms with Gasteiger partial charge in [-0.3, -0.25) is 4.79 Å². The third-order valence-electron chi connectivity index (χ3n) is 5.29. The van der Waals surface area contributed by atoms with Crippen LogP contribution in [0.1, 0.15) is 39.7 Å². The van der Waals surface area contributed by atoms with Gasteiger partial charge in [-0.1, -0.05) is 0 Å². The van der Waals surface area contributed by atoms with Crippen molar-refractivity contribution in [2.24, 2.45) is 0 Å². The second-order valence-corrected chi connectivity index (χ2v) is 9.41. The second-order valence-electron chi connectivity index (χ2n) is 9.41. The fourth-order valence-electron chi connectivity index (χ4n) is 3.73. The lowest BCUT2D eigenvalue weighted by atomic mass is 10.1. The number of nitrogens with zero attached hydrogens (tertiary/aromatic N) is 3. The van der Waals surface area contributed by atoms with Gasteiger partial charge in [0.15, 0.2) is 11.6 Å². The van der Waals surface area contributed by atoms with Crippen molar-refractivity contribution < 1.29 is 37.0 Å². The van der Waals surface area contributed by atoms with Crippen molar-refractivity contribution in [1.29, 1.82) is 0 Å². The topological polar surface area (TPSA) is 93.2 Å². The van der Waals surface area contributed by atoms with Gasteiger partial charge in [0.05, 0.1) is 37.3 Å². The minimum absolute atomic E-state index is 0.0846. The molecule has 2 amide bonds. The molecule has 0 radical (unpaired) electrons. The smallest absolute Gasteiger partial charge is 0.418 e. The molecule has 2 aliphatic heterocycles. The van der Waals surface area contributed by atoms with Gasteiger partial charge in [-0.05, 0) is 33.8 Å². The monoisotopic (exact) mass is 488 g/mol. The van der Waals surface area contributed by atoms with E-state index in [2.05, 4.69) is 10.3 Å². The van der Waals surface area contributed by atoms with Crippen LogP contribution in [0.3, 0.4) is 0 Å². The van der Waals surface area contributed by atoms with Crippen LogP contribution in [0.4, 0.5) is 23.8 Å². The molecular weight excluding hydrogens is 457 g/mol. The average Bonchev–Trinajstić information content (AvgIpc) is 2.73. The third kappa shape index (κ3) is 6.87. The van der Waals surface area contributed by atoms with Gasteiger partial charge in [-0.15, -0.1) is 0 Å². The quantitative estimate of drug-likeness (QED) is 0.616. The first-order valence-electron chi connectivity index (χ1n) is 11.1. The van der Waals surface area contributed by atoms with Crippen LogP contribution in [0.25, 0.3) is 0 Å². The van der Waals surface area contributed by atoms with Crippen LogP contribution < -0.4 is 15.0 Å². The van der Waals surface area contributed by atoms with Crippen molar-refractivity contribution in [3.05, 3.63) is 17.8 Å². The highest BCUT2D eigenvalue weighted by Crippen LogP contribution is 2.38. The summed E-state index contributed by atoms with van der Waals surface area (Å²) >= 11 is 0. The molecule has 0 aromatic carbocycles. The maximum atomic E-state index is 12.9. The molecular formula is C22H31F3N4O5. The Morgan fingerprint density at radius 3 is 2.71 bits per heavy atom. The van der Waals surface area contributed by atoms with E-state index in [9.17, 15) is 22.8 Å². The van der Waals surface area contributed by atoms with Crippen molar-refractivity contribution in [3.63, 3.8) is 0 Å². The summed E-state index contributed by atoms with van der Waals surface area (Å²) in [6, 6.07) is 0.498. The van der Waals surface area contributed by atoms with E-state index in [1.54, 1.807) is 32.6 Å². The van der Waals surface area contributed by atoms with Crippen molar-refractivity contribution in [3.8, 4) is 5.75 Å². The Morgan fingerprint density at radius 1 is 1.29 bits per heavy atom. The Bertz CT molecular complexity index is 890. The minimum Gasteiger partial charge on any atom is -0.487 e. The van der Waals surface area contributed by atoms with Gasteiger partial charge in [0, 0.05) is 25.8 Å². The number of alkyl carbamates (subject to hydrolysis) is 1. The maximum absolute atomic E-state index is 12.9. The van der Waals surface area contributed by atoms with Crippen LogP contribution in [0.15, 0.2) is 12.3 Å². The fourth-order valence-corrected chi connectivity index (χ4v) is 3.73. The predicted molar refractivity (Wildman–Crippen MR) is 117 cm³/mol. The summed E-state index contributed by atoms with van der Waals surface area (Å²) in [7, 11) is 0. The summed E-state index contributed by atoms with van der Waals surface area (Å²) in [6.45, 7) is 8.97. The Hall–Kier alpha value is -2.76. The molecule has 12 heteroatoms. The third-order valence-corrected chi connectivity index (χ3v) is 5.29. The Balaban J connectivity index is 1.42. The van der Waals surface area contributed by atoms with E-state index in [1.165, 1.54) is 0 Å². The highest BCUT2D eigenvalue weighted by molar-refractivity contribution is 5.77. The summed E-state index contributed by atoms with van der Waals surface area (Å²) in [4.78, 5) is 31.9. The van der Waals surface area contributed by atoms with Crippen molar-refractivity contribution in [2.75, 3.05) is 44.4 Å². The van der Waals surface area contributed by atoms with Crippen LogP contribution in [-0.4, -0.2) is 79.0 Å². The molecule has 1 saturated heterocycles. The zero-order valence-corrected chi connectivity index (χ0v) is 19.8. The van der Waals surface area contributed by atoms with E-state index in [-0.39, 0.29) is 50.0 Å². The number of aromatic nitrogens is 1. The fraction of sp³-hybridized carbons (Fsp3) is 0.682. The summed E-state index contributed by atoms with van der Waals surface area (Å²) < 4.78 is 55.0. The number of alkyl halides is 3. The number of carbonyl (C=O) groups is 2. The molecule has 0 unspecified atom stereocenters. The molecule has 2 atom stereocenters. The molecule has 2 aliphatic rings. The van der Waals surface area contributed by atoms with E-state index in [4.69, 9.17) is 14.2 Å². The molecule has 9 nitrogen and oxygen atoms in total. The summed E-state index contributed by atoms with van der Waals surface area (Å²) in [5, 5.41) is 2.67. The normalized spacial score (nSPS) is 19.0. The summed E-state index contributed by atoms with van der Waals surface area (Å²) in [5.41, 5.74) is -1.44. The molecule has 3 rings (SSSR count). The second kappa shape index (κ2) is 10.2. The molecule has 1 aromatic heterocycles. The van der Waals surface area contributed by atoms with Gasteiger partial charge in [-0.25, -0.2) is 9.78 Å². The molecule has 1 N–H and O–H groups in total. The standard InChI is InChI=1S/C22H31F3N4O5/c1-14(27-20(31)34-21(2,3)4)12-32-8-5-18(30)28-6-7-29-16(11-28)13-33-17-9-15(22(23,24)25)10-26-19(17)29/h9-10,14,16H,5-8,11-13H2,1-4H3,(H,27,31)/t14-,16+/m0/s1. The highest BCUT2D eigenvalue weighted by atomic mass is 19.4. The van der Waals surface area contributed by atoms with Crippen molar-refractivity contribution in [1.82, 2.24) is 15.2 Å². The number of anilines is 1. The lowest BCUT2D eigenvalue weighted by Gasteiger charge is -2.44. The number of nitrogens with one attached hydrogen (secondary N) is 1. The largest absolute Gasteiger partial charge is 0.487 e. The van der Waals surface area contributed by atoms with Crippen molar-refractivity contribution in [2.45, 2.75) is 58.0 Å². The van der Waals surface area contributed by atoms with E-state index >= 15 is 0 Å². The Labute approximate surface area is 196 Å². The molecule has 0 bridgehead atoms. The highest BCUT2D eigenvalue weighted by Gasteiger charge is 2.38. The lowest BCUT2D eigenvalue weighted by molar-refractivity contribution is -0.138. The SMILES string of the molecule is C[C@@H](COCCC(=O)N1CCN2c3ncc(C(F)(F)F)cc3OC[C@H]2C1)NC(=O)OC(C)(C)C. The molecule has 0 spiro atoms. The van der Waals surface area contributed by atoms with Crippen LogP contribution >= 0.6 is 0 Å². The Kier molecular flexibility index (Phi) is 7.79. The number of carbonyl (C=O) groups excluding carboxylic acids is 2. The summed E-state index contributed by atoms with van der Waals surface area (Å²) in [5.74, 6) is 0.387. The predicted octanol–water partition coefficient (Wildman–Crippen LogP) is 2.83. The van der Waals surface area contributed by atoms with Gasteiger partial charge < -0.3 is 29.3 Å². The number of amides is 2. The van der Waals surface area contributed by atoms with Gasteiger partial charge in [0.1, 0.15) is 12.2 Å². The first-order chi connectivity index (χ1) is 15.8. The molecule has 34 heavy (non-hydrogen) atoms. The summed E-state index contributed by atoms with van der Waals surface area (Å²) in [6.07, 6.45) is -4.04. The van der Waals surface area contributed by atoms with Crippen LogP contribution in [0, 0.1) is 0 Å². The van der Waals surface area contributed by atoms with E-state index in [1.807, 2.05) is 4.90 Å². The number of hydrogen-bond acceptors (Lipinski definition) is 7. The van der Waals surface area contributed by atoms with Crippen LogP contribution in [0.5, 0.6) is 5.75 Å². The Morgan fingerprint density at radius 2 is 2.03 bits per heavy atom. The van der Waals surface area contributed by atoms with Crippen LogP contribution in [0.2, 0.25) is 0 Å². The minimum atomic E-state index is -4.49. The number of halogens is 3. The zero-order valence-electron chi connectivity index (χ0n) is 19.8. The van der Waals surface area contributed by atoms with E-state index < -0.39 is 23.4 Å². The van der Waals surface area contributed by atoms with Gasteiger partial charge in [-0.2, -0.15) is 13.2 Å². The van der Waals surface area contributed by atoms with Gasteiger partial charge >= 0.3 is 12.3 Å². The number of piperazine rings is 1. The number of ether oxygens (including phenoxy) is 3. The number of rotatable bonds is 6. The molecule has 1 fully saturated rings. The number of pyridine rings is 1. The lowest BCUT2D eigenvalue weighted by Crippen LogP contribution is -2.58. The maximum Gasteiger partial charge on any atom is 0.418 e. The van der Waals surface area contributed by atoms with E-state index in [0.717, 1.165) is 12.3 Å². The molecule has 0 saturated carbocycles. The van der Waals surface area contributed by atoms with Crippen LogP contribution in [-0.2, 0) is 20.4 Å². The number of fused-ring (bicyclic) bond motifs is 3. The van der Waals surface area contributed by atoms with E-state index in [0.29, 0.717) is 25.5 Å². The first kappa shape index (κ1) is 25.9.